The number of halogens is 1. The van der Waals surface area contributed by atoms with Crippen molar-refractivity contribution in [3.63, 3.8) is 0 Å². The van der Waals surface area contributed by atoms with Gasteiger partial charge in [0.2, 0.25) is 0 Å². The van der Waals surface area contributed by atoms with E-state index in [1.54, 1.807) is 6.92 Å². The van der Waals surface area contributed by atoms with Crippen molar-refractivity contribution in [2.45, 2.75) is 64.1 Å². The van der Waals surface area contributed by atoms with Crippen molar-refractivity contribution >= 4 is 0 Å². The number of benzene rings is 1. The standard InChI is InChI=1S/C17H26FN/c1-13(2)14-7-9-15(10-8-14)17(3,18)12-16-6-4-5-11-19-16/h7-10,13,16,19H,4-6,11-12H2,1-3H3. The Kier molecular flexibility index (Phi) is 4.62. The van der Waals surface area contributed by atoms with Crippen LogP contribution in [0.5, 0.6) is 0 Å². The topological polar surface area (TPSA) is 12.0 Å². The molecule has 2 unspecified atom stereocenters. The first-order valence-corrected chi connectivity index (χ1v) is 7.52. The summed E-state index contributed by atoms with van der Waals surface area (Å²) in [7, 11) is 0. The molecule has 0 radical (unpaired) electrons. The summed E-state index contributed by atoms with van der Waals surface area (Å²) >= 11 is 0. The third kappa shape index (κ3) is 3.79. The van der Waals surface area contributed by atoms with Crippen LogP contribution in [0.25, 0.3) is 0 Å². The summed E-state index contributed by atoms with van der Waals surface area (Å²) in [4.78, 5) is 0. The van der Waals surface area contributed by atoms with Crippen molar-refractivity contribution in [2.24, 2.45) is 0 Å². The number of piperidine rings is 1. The van der Waals surface area contributed by atoms with E-state index in [1.807, 2.05) is 12.1 Å². The zero-order valence-corrected chi connectivity index (χ0v) is 12.4. The van der Waals surface area contributed by atoms with Crippen molar-refractivity contribution in [1.29, 1.82) is 0 Å². The summed E-state index contributed by atoms with van der Waals surface area (Å²) in [5.74, 6) is 0.500. The Bertz CT molecular complexity index is 388. The Morgan fingerprint density at radius 3 is 2.47 bits per heavy atom. The summed E-state index contributed by atoms with van der Waals surface area (Å²) in [6, 6.07) is 8.36. The molecule has 2 rings (SSSR count). The molecule has 1 aromatic rings. The maximum Gasteiger partial charge on any atom is 0.134 e. The van der Waals surface area contributed by atoms with E-state index in [2.05, 4.69) is 31.3 Å². The maximum atomic E-state index is 14.9. The van der Waals surface area contributed by atoms with Crippen molar-refractivity contribution in [3.05, 3.63) is 35.4 Å². The minimum absolute atomic E-state index is 0.327. The molecule has 1 N–H and O–H groups in total. The Morgan fingerprint density at radius 1 is 1.26 bits per heavy atom. The lowest BCUT2D eigenvalue weighted by molar-refractivity contribution is 0.146. The van der Waals surface area contributed by atoms with Gasteiger partial charge in [-0.05, 0) is 43.4 Å². The molecule has 2 atom stereocenters. The molecule has 0 bridgehead atoms. The molecule has 1 aliphatic rings. The molecular formula is C17H26FN. The third-order valence-electron chi connectivity index (χ3n) is 4.22. The largest absolute Gasteiger partial charge is 0.314 e. The van der Waals surface area contributed by atoms with E-state index in [9.17, 15) is 4.39 Å². The normalized spacial score (nSPS) is 23.3. The van der Waals surface area contributed by atoms with Gasteiger partial charge in [0.15, 0.2) is 0 Å². The highest BCUT2D eigenvalue weighted by atomic mass is 19.1. The van der Waals surface area contributed by atoms with Crippen molar-refractivity contribution in [2.75, 3.05) is 6.54 Å². The molecule has 0 amide bonds. The van der Waals surface area contributed by atoms with Crippen LogP contribution in [0, 0.1) is 0 Å². The minimum atomic E-state index is -1.23. The number of rotatable bonds is 4. The minimum Gasteiger partial charge on any atom is -0.314 e. The lowest BCUT2D eigenvalue weighted by atomic mass is 9.87. The van der Waals surface area contributed by atoms with Crippen LogP contribution in [0.3, 0.4) is 0 Å². The van der Waals surface area contributed by atoms with Gasteiger partial charge in [-0.3, -0.25) is 0 Å². The third-order valence-corrected chi connectivity index (χ3v) is 4.22. The van der Waals surface area contributed by atoms with Crippen LogP contribution in [0.1, 0.15) is 63.5 Å². The van der Waals surface area contributed by atoms with Crippen molar-refractivity contribution in [3.8, 4) is 0 Å². The fraction of sp³-hybridized carbons (Fsp3) is 0.647. The van der Waals surface area contributed by atoms with E-state index >= 15 is 0 Å². The Balaban J connectivity index is 2.05. The molecule has 1 heterocycles. The van der Waals surface area contributed by atoms with E-state index in [0.29, 0.717) is 18.4 Å². The molecule has 1 aliphatic heterocycles. The number of hydrogen-bond donors (Lipinski definition) is 1. The van der Waals surface area contributed by atoms with Crippen LogP contribution in [0.15, 0.2) is 24.3 Å². The monoisotopic (exact) mass is 263 g/mol. The lowest BCUT2D eigenvalue weighted by Gasteiger charge is -2.30. The molecule has 1 nitrogen and oxygen atoms in total. The molecule has 1 aromatic carbocycles. The molecule has 106 valence electrons. The average Bonchev–Trinajstić information content (AvgIpc) is 2.39. The highest BCUT2D eigenvalue weighted by Crippen LogP contribution is 2.33. The van der Waals surface area contributed by atoms with Crippen molar-refractivity contribution < 1.29 is 4.39 Å². The van der Waals surface area contributed by atoms with Crippen molar-refractivity contribution in [1.82, 2.24) is 5.32 Å². The van der Waals surface area contributed by atoms with Gasteiger partial charge in [-0.1, -0.05) is 44.5 Å². The second-order valence-electron chi connectivity index (χ2n) is 6.33. The maximum absolute atomic E-state index is 14.9. The summed E-state index contributed by atoms with van der Waals surface area (Å²) in [6.45, 7) is 7.08. The molecule has 0 spiro atoms. The summed E-state index contributed by atoms with van der Waals surface area (Å²) in [6.07, 6.45) is 4.13. The van der Waals surface area contributed by atoms with E-state index < -0.39 is 5.67 Å². The zero-order valence-electron chi connectivity index (χ0n) is 12.4. The molecular weight excluding hydrogens is 237 g/mol. The summed E-state index contributed by atoms with van der Waals surface area (Å²) in [5.41, 5.74) is 0.851. The highest BCUT2D eigenvalue weighted by Gasteiger charge is 2.30. The molecule has 1 fully saturated rings. The average molecular weight is 263 g/mol. The van der Waals surface area contributed by atoms with Gasteiger partial charge in [0.1, 0.15) is 5.67 Å². The van der Waals surface area contributed by atoms with E-state index in [0.717, 1.165) is 18.5 Å². The van der Waals surface area contributed by atoms with Crippen LogP contribution >= 0.6 is 0 Å². The van der Waals surface area contributed by atoms with E-state index in [-0.39, 0.29) is 0 Å². The molecule has 0 saturated carbocycles. The molecule has 0 aromatic heterocycles. The Labute approximate surface area is 116 Å². The van der Waals surface area contributed by atoms with E-state index in [1.165, 1.54) is 18.4 Å². The van der Waals surface area contributed by atoms with Crippen LogP contribution in [-0.4, -0.2) is 12.6 Å². The quantitative estimate of drug-likeness (QED) is 0.841. The summed E-state index contributed by atoms with van der Waals surface area (Å²) < 4.78 is 14.9. The first kappa shape index (κ1) is 14.5. The molecule has 1 saturated heterocycles. The van der Waals surface area contributed by atoms with Crippen LogP contribution < -0.4 is 5.32 Å². The van der Waals surface area contributed by atoms with Gasteiger partial charge in [0.25, 0.3) is 0 Å². The van der Waals surface area contributed by atoms with Gasteiger partial charge in [-0.15, -0.1) is 0 Å². The smallest absolute Gasteiger partial charge is 0.134 e. The predicted octanol–water partition coefficient (Wildman–Crippen LogP) is 4.53. The SMILES string of the molecule is CC(C)c1ccc(C(C)(F)CC2CCCCN2)cc1. The lowest BCUT2D eigenvalue weighted by Crippen LogP contribution is -2.38. The van der Waals surface area contributed by atoms with Crippen LogP contribution in [-0.2, 0) is 5.67 Å². The fourth-order valence-electron chi connectivity index (χ4n) is 2.89. The van der Waals surface area contributed by atoms with E-state index in [4.69, 9.17) is 0 Å². The van der Waals surface area contributed by atoms with Gasteiger partial charge >= 0.3 is 0 Å². The first-order valence-electron chi connectivity index (χ1n) is 7.52. The fourth-order valence-corrected chi connectivity index (χ4v) is 2.89. The zero-order chi connectivity index (χ0) is 13.9. The number of nitrogens with one attached hydrogen (secondary N) is 1. The van der Waals surface area contributed by atoms with Gasteiger partial charge in [-0.25, -0.2) is 4.39 Å². The number of alkyl halides is 1. The van der Waals surface area contributed by atoms with Gasteiger partial charge in [-0.2, -0.15) is 0 Å². The second-order valence-corrected chi connectivity index (χ2v) is 6.33. The van der Waals surface area contributed by atoms with Gasteiger partial charge in [0.05, 0.1) is 0 Å². The second kappa shape index (κ2) is 6.04. The van der Waals surface area contributed by atoms with Crippen LogP contribution in [0.4, 0.5) is 4.39 Å². The highest BCUT2D eigenvalue weighted by molar-refractivity contribution is 5.28. The molecule has 0 aliphatic carbocycles. The van der Waals surface area contributed by atoms with Crippen LogP contribution in [0.2, 0.25) is 0 Å². The summed E-state index contributed by atoms with van der Waals surface area (Å²) in [5, 5.41) is 3.43. The first-order chi connectivity index (χ1) is 8.99. The van der Waals surface area contributed by atoms with Gasteiger partial charge < -0.3 is 5.32 Å². The number of hydrogen-bond acceptors (Lipinski definition) is 1. The Morgan fingerprint density at radius 2 is 1.95 bits per heavy atom. The molecule has 2 heteroatoms. The molecule has 19 heavy (non-hydrogen) atoms. The Hall–Kier alpha value is -0.890. The van der Waals surface area contributed by atoms with Gasteiger partial charge in [0, 0.05) is 12.5 Å². The predicted molar refractivity (Wildman–Crippen MR) is 79.2 cm³/mol.